The van der Waals surface area contributed by atoms with Gasteiger partial charge >= 0.3 is 0 Å². The first-order valence-corrected chi connectivity index (χ1v) is 8.33. The van der Waals surface area contributed by atoms with Gasteiger partial charge in [-0.3, -0.25) is 4.99 Å². The van der Waals surface area contributed by atoms with Crippen LogP contribution in [0.3, 0.4) is 0 Å². The van der Waals surface area contributed by atoms with Crippen LogP contribution in [-0.2, 0) is 17.6 Å². The van der Waals surface area contributed by atoms with E-state index in [4.69, 9.17) is 4.74 Å². The standard InChI is InChI=1S/C15H28N4OS/c1-6-12-10-18-13(21-12)8-9-17-14(16-7-2)19-11-15(3,4)20-5/h10H,6-9,11H2,1-5H3,(H2,16,17,19). The van der Waals surface area contributed by atoms with Gasteiger partial charge in [0.1, 0.15) is 0 Å². The third-order valence-electron chi connectivity index (χ3n) is 3.10. The van der Waals surface area contributed by atoms with Gasteiger partial charge in [0.05, 0.1) is 17.2 Å². The summed E-state index contributed by atoms with van der Waals surface area (Å²) in [4.78, 5) is 10.3. The van der Waals surface area contributed by atoms with E-state index in [0.717, 1.165) is 31.9 Å². The topological polar surface area (TPSA) is 58.5 Å². The number of hydrogen-bond acceptors (Lipinski definition) is 4. The van der Waals surface area contributed by atoms with Crippen LogP contribution < -0.4 is 10.6 Å². The molecule has 0 atom stereocenters. The minimum absolute atomic E-state index is 0.242. The minimum atomic E-state index is -0.242. The van der Waals surface area contributed by atoms with Crippen molar-refractivity contribution in [1.29, 1.82) is 0 Å². The average Bonchev–Trinajstić information content (AvgIpc) is 2.93. The molecule has 0 bridgehead atoms. The Hall–Kier alpha value is -1.14. The number of aryl methyl sites for hydroxylation is 1. The summed E-state index contributed by atoms with van der Waals surface area (Å²) in [7, 11) is 1.71. The molecule has 1 aromatic rings. The third-order valence-corrected chi connectivity index (χ3v) is 4.30. The molecule has 0 fully saturated rings. The van der Waals surface area contributed by atoms with E-state index >= 15 is 0 Å². The van der Waals surface area contributed by atoms with Gasteiger partial charge in [0.25, 0.3) is 0 Å². The molecule has 1 heterocycles. The molecule has 0 spiro atoms. The van der Waals surface area contributed by atoms with Crippen LogP contribution in [0.25, 0.3) is 0 Å². The summed E-state index contributed by atoms with van der Waals surface area (Å²) in [6.45, 7) is 10.6. The number of thiazole rings is 1. The monoisotopic (exact) mass is 312 g/mol. The van der Waals surface area contributed by atoms with Crippen LogP contribution in [0.15, 0.2) is 11.2 Å². The summed E-state index contributed by atoms with van der Waals surface area (Å²) in [5, 5.41) is 7.76. The summed E-state index contributed by atoms with van der Waals surface area (Å²) in [6.07, 6.45) is 3.95. The molecule has 120 valence electrons. The molecule has 0 saturated carbocycles. The van der Waals surface area contributed by atoms with Crippen molar-refractivity contribution in [2.24, 2.45) is 4.99 Å². The first-order chi connectivity index (χ1) is 10.0. The first-order valence-electron chi connectivity index (χ1n) is 7.51. The molecular formula is C15H28N4OS. The van der Waals surface area contributed by atoms with Crippen molar-refractivity contribution in [3.05, 3.63) is 16.1 Å². The predicted octanol–water partition coefficient (Wildman–Crippen LogP) is 2.23. The van der Waals surface area contributed by atoms with E-state index in [-0.39, 0.29) is 5.60 Å². The molecule has 0 aliphatic rings. The number of rotatable bonds is 8. The Morgan fingerprint density at radius 3 is 2.71 bits per heavy atom. The fourth-order valence-electron chi connectivity index (χ4n) is 1.59. The highest BCUT2D eigenvalue weighted by atomic mass is 32.1. The van der Waals surface area contributed by atoms with Crippen LogP contribution in [0.5, 0.6) is 0 Å². The summed E-state index contributed by atoms with van der Waals surface area (Å²) in [5.41, 5.74) is -0.242. The number of nitrogens with one attached hydrogen (secondary N) is 2. The molecule has 5 nitrogen and oxygen atoms in total. The van der Waals surface area contributed by atoms with E-state index in [1.165, 1.54) is 9.88 Å². The normalized spacial score (nSPS) is 12.5. The van der Waals surface area contributed by atoms with Crippen LogP contribution >= 0.6 is 11.3 Å². The summed E-state index contributed by atoms with van der Waals surface area (Å²) < 4.78 is 5.38. The lowest BCUT2D eigenvalue weighted by atomic mass is 10.1. The lowest BCUT2D eigenvalue weighted by Gasteiger charge is -2.21. The van der Waals surface area contributed by atoms with E-state index in [9.17, 15) is 0 Å². The Morgan fingerprint density at radius 2 is 2.14 bits per heavy atom. The average molecular weight is 312 g/mol. The van der Waals surface area contributed by atoms with Gasteiger partial charge in [-0.2, -0.15) is 0 Å². The Labute approximate surface area is 132 Å². The van der Waals surface area contributed by atoms with E-state index in [1.54, 1.807) is 18.4 Å². The SMILES string of the molecule is CCNC(=NCC(C)(C)OC)NCCc1ncc(CC)s1. The van der Waals surface area contributed by atoms with Crippen LogP contribution in [0.4, 0.5) is 0 Å². The second-order valence-corrected chi connectivity index (χ2v) is 6.61. The molecule has 2 N–H and O–H groups in total. The van der Waals surface area contributed by atoms with Gasteiger partial charge in [0, 0.05) is 37.7 Å². The summed E-state index contributed by atoms with van der Waals surface area (Å²) >= 11 is 1.79. The summed E-state index contributed by atoms with van der Waals surface area (Å²) in [6, 6.07) is 0. The van der Waals surface area contributed by atoms with Crippen molar-refractivity contribution in [2.45, 2.75) is 46.1 Å². The highest BCUT2D eigenvalue weighted by Crippen LogP contribution is 2.13. The van der Waals surface area contributed by atoms with E-state index in [1.807, 2.05) is 20.0 Å². The molecule has 1 aromatic heterocycles. The molecule has 0 aromatic carbocycles. The third kappa shape index (κ3) is 6.91. The number of hydrogen-bond donors (Lipinski definition) is 2. The maximum atomic E-state index is 5.38. The molecule has 21 heavy (non-hydrogen) atoms. The number of aromatic nitrogens is 1. The van der Waals surface area contributed by atoms with Gasteiger partial charge < -0.3 is 15.4 Å². The maximum absolute atomic E-state index is 5.38. The fraction of sp³-hybridized carbons (Fsp3) is 0.733. The predicted molar refractivity (Wildman–Crippen MR) is 90.3 cm³/mol. The molecule has 0 saturated heterocycles. The molecule has 0 amide bonds. The lowest BCUT2D eigenvalue weighted by molar-refractivity contribution is 0.0310. The van der Waals surface area contributed by atoms with Crippen molar-refractivity contribution in [2.75, 3.05) is 26.7 Å². The van der Waals surface area contributed by atoms with Crippen molar-refractivity contribution >= 4 is 17.3 Å². The molecule has 6 heteroatoms. The highest BCUT2D eigenvalue weighted by molar-refractivity contribution is 7.11. The summed E-state index contributed by atoms with van der Waals surface area (Å²) in [5.74, 6) is 0.829. The van der Waals surface area contributed by atoms with Crippen molar-refractivity contribution in [1.82, 2.24) is 15.6 Å². The number of nitrogens with zero attached hydrogens (tertiary/aromatic N) is 2. The van der Waals surface area contributed by atoms with Crippen LogP contribution in [0, 0.1) is 0 Å². The fourth-order valence-corrected chi connectivity index (χ4v) is 2.45. The molecular weight excluding hydrogens is 284 g/mol. The van der Waals surface area contributed by atoms with Crippen molar-refractivity contribution in [3.8, 4) is 0 Å². The Bertz CT molecular complexity index is 443. The van der Waals surface area contributed by atoms with Crippen molar-refractivity contribution in [3.63, 3.8) is 0 Å². The van der Waals surface area contributed by atoms with Gasteiger partial charge in [-0.25, -0.2) is 4.98 Å². The smallest absolute Gasteiger partial charge is 0.191 e. The Kier molecular flexibility index (Phi) is 7.67. The van der Waals surface area contributed by atoms with Crippen molar-refractivity contribution < 1.29 is 4.74 Å². The molecule has 1 rings (SSSR count). The molecule has 0 unspecified atom stereocenters. The van der Waals surface area contributed by atoms with Gasteiger partial charge in [-0.05, 0) is 27.2 Å². The zero-order valence-corrected chi connectivity index (χ0v) is 14.6. The molecule has 0 aliphatic carbocycles. The molecule has 0 radical (unpaired) electrons. The number of ether oxygens (including phenoxy) is 1. The number of guanidine groups is 1. The zero-order chi connectivity index (χ0) is 15.7. The lowest BCUT2D eigenvalue weighted by Crippen LogP contribution is -2.40. The largest absolute Gasteiger partial charge is 0.377 e. The van der Waals surface area contributed by atoms with Crippen LogP contribution in [0.2, 0.25) is 0 Å². The van der Waals surface area contributed by atoms with E-state index in [2.05, 4.69) is 34.5 Å². The van der Waals surface area contributed by atoms with Gasteiger partial charge in [-0.1, -0.05) is 6.92 Å². The van der Waals surface area contributed by atoms with Gasteiger partial charge in [0.15, 0.2) is 5.96 Å². The highest BCUT2D eigenvalue weighted by Gasteiger charge is 2.15. The second kappa shape index (κ2) is 9.00. The quantitative estimate of drug-likeness (QED) is 0.571. The van der Waals surface area contributed by atoms with E-state index in [0.29, 0.717) is 6.54 Å². The van der Waals surface area contributed by atoms with E-state index < -0.39 is 0 Å². The second-order valence-electron chi connectivity index (χ2n) is 5.41. The Morgan fingerprint density at radius 1 is 1.38 bits per heavy atom. The van der Waals surface area contributed by atoms with Crippen LogP contribution in [0.1, 0.15) is 37.6 Å². The van der Waals surface area contributed by atoms with Gasteiger partial charge in [-0.15, -0.1) is 11.3 Å². The Balaban J connectivity index is 2.45. The first kappa shape index (κ1) is 17.9. The zero-order valence-electron chi connectivity index (χ0n) is 13.8. The number of methoxy groups -OCH3 is 1. The van der Waals surface area contributed by atoms with Gasteiger partial charge in [0.2, 0.25) is 0 Å². The van der Waals surface area contributed by atoms with Crippen LogP contribution in [-0.4, -0.2) is 43.3 Å². The number of aliphatic imine (C=N–C) groups is 1. The maximum Gasteiger partial charge on any atom is 0.191 e. The molecule has 0 aliphatic heterocycles. The minimum Gasteiger partial charge on any atom is -0.377 e.